The molecule has 0 bridgehead atoms. The molecule has 0 spiro atoms. The number of nitrogens with zero attached hydrogens (tertiary/aromatic N) is 1. The highest BCUT2D eigenvalue weighted by Gasteiger charge is 2.26. The molecule has 1 aliphatic rings. The molecule has 0 aromatic heterocycles. The van der Waals surface area contributed by atoms with Gasteiger partial charge in [-0.15, -0.1) is 0 Å². The highest BCUT2D eigenvalue weighted by Crippen LogP contribution is 2.29. The summed E-state index contributed by atoms with van der Waals surface area (Å²) in [6.07, 6.45) is 0.853. The number of amides is 2. The molecule has 3 rings (SSSR count). The van der Waals surface area contributed by atoms with Gasteiger partial charge in [0.25, 0.3) is 0 Å². The molecule has 0 aliphatic carbocycles. The number of ether oxygens (including phenoxy) is 1. The van der Waals surface area contributed by atoms with Crippen molar-refractivity contribution in [2.45, 2.75) is 19.4 Å². The summed E-state index contributed by atoms with van der Waals surface area (Å²) >= 11 is 0. The first-order valence-electron chi connectivity index (χ1n) is 8.65. The average Bonchev–Trinajstić information content (AvgIpc) is 3.12. The van der Waals surface area contributed by atoms with Gasteiger partial charge in [0.2, 0.25) is 0 Å². The van der Waals surface area contributed by atoms with E-state index in [1.807, 2.05) is 61.5 Å². The second-order valence-electron chi connectivity index (χ2n) is 6.41. The van der Waals surface area contributed by atoms with Crippen molar-refractivity contribution in [3.63, 3.8) is 0 Å². The lowest BCUT2D eigenvalue weighted by Crippen LogP contribution is -2.39. The third-order valence-electron chi connectivity index (χ3n) is 4.53. The Labute approximate surface area is 148 Å². The first kappa shape index (κ1) is 17.3. The normalized spacial score (nSPS) is 18.0. The van der Waals surface area contributed by atoms with Gasteiger partial charge in [-0.05, 0) is 31.5 Å². The maximum atomic E-state index is 12.5. The lowest BCUT2D eigenvalue weighted by molar-refractivity contribution is 0.195. The fraction of sp³-hybridized carbons (Fsp3) is 0.350. The van der Waals surface area contributed by atoms with Crippen LogP contribution in [0, 0.1) is 5.92 Å². The molecule has 2 aromatic carbocycles. The largest absolute Gasteiger partial charge is 0.457 e. The topological polar surface area (TPSA) is 61.8 Å². The van der Waals surface area contributed by atoms with Crippen LogP contribution >= 0.6 is 0 Å². The van der Waals surface area contributed by atoms with E-state index >= 15 is 0 Å². The Morgan fingerprint density at radius 3 is 2.68 bits per heavy atom. The number of para-hydroxylation sites is 2. The molecular formula is C20H24N2O3. The van der Waals surface area contributed by atoms with Crippen molar-refractivity contribution in [3.05, 3.63) is 60.2 Å². The number of likely N-dealkylation sites (tertiary alicyclic amines) is 1. The maximum Gasteiger partial charge on any atom is 0.317 e. The second kappa shape index (κ2) is 8.03. The van der Waals surface area contributed by atoms with E-state index in [2.05, 4.69) is 5.32 Å². The van der Waals surface area contributed by atoms with E-state index < -0.39 is 0 Å². The summed E-state index contributed by atoms with van der Waals surface area (Å²) in [4.78, 5) is 14.2. The Morgan fingerprint density at radius 1 is 1.24 bits per heavy atom. The molecule has 2 atom stereocenters. The van der Waals surface area contributed by atoms with Gasteiger partial charge in [-0.25, -0.2) is 4.79 Å². The van der Waals surface area contributed by atoms with E-state index in [0.717, 1.165) is 23.5 Å². The van der Waals surface area contributed by atoms with Crippen LogP contribution in [0.1, 0.15) is 24.9 Å². The van der Waals surface area contributed by atoms with Crippen LogP contribution in [0.4, 0.5) is 4.79 Å². The van der Waals surface area contributed by atoms with Crippen LogP contribution in [0.5, 0.6) is 11.5 Å². The molecule has 1 fully saturated rings. The van der Waals surface area contributed by atoms with Crippen molar-refractivity contribution in [1.82, 2.24) is 10.2 Å². The fourth-order valence-electron chi connectivity index (χ4n) is 3.07. The Balaban J connectivity index is 1.68. The van der Waals surface area contributed by atoms with Gasteiger partial charge in [0.05, 0.1) is 6.04 Å². The zero-order valence-corrected chi connectivity index (χ0v) is 14.4. The molecule has 132 valence electrons. The lowest BCUT2D eigenvalue weighted by Gasteiger charge is -2.22. The van der Waals surface area contributed by atoms with Crippen molar-refractivity contribution in [1.29, 1.82) is 0 Å². The fourth-order valence-corrected chi connectivity index (χ4v) is 3.07. The summed E-state index contributed by atoms with van der Waals surface area (Å²) in [5.41, 5.74) is 0.928. The minimum atomic E-state index is -0.180. The Hall–Kier alpha value is -2.53. The quantitative estimate of drug-likeness (QED) is 0.875. The van der Waals surface area contributed by atoms with Gasteiger partial charge in [-0.1, -0.05) is 36.4 Å². The van der Waals surface area contributed by atoms with E-state index in [1.54, 1.807) is 4.90 Å². The molecular weight excluding hydrogens is 316 g/mol. The third-order valence-corrected chi connectivity index (χ3v) is 4.53. The Kier molecular flexibility index (Phi) is 5.56. The molecule has 25 heavy (non-hydrogen) atoms. The number of rotatable bonds is 5. The van der Waals surface area contributed by atoms with Crippen molar-refractivity contribution >= 4 is 6.03 Å². The zero-order valence-electron chi connectivity index (χ0n) is 14.4. The molecule has 1 saturated heterocycles. The van der Waals surface area contributed by atoms with E-state index in [9.17, 15) is 9.90 Å². The Bertz CT molecular complexity index is 705. The highest BCUT2D eigenvalue weighted by atomic mass is 16.5. The summed E-state index contributed by atoms with van der Waals surface area (Å²) in [5, 5.41) is 12.3. The standard InChI is InChI=1S/C20H24N2O3/c1-15(21-20(24)22-12-11-16(13-22)14-23)18-9-5-6-10-19(18)25-17-7-3-2-4-8-17/h2-10,15-16,23H,11-14H2,1H3,(H,21,24). The first-order chi connectivity index (χ1) is 12.2. The highest BCUT2D eigenvalue weighted by molar-refractivity contribution is 5.75. The molecule has 2 aromatic rings. The first-order valence-corrected chi connectivity index (χ1v) is 8.65. The molecule has 1 aliphatic heterocycles. The van der Waals surface area contributed by atoms with Crippen molar-refractivity contribution in [3.8, 4) is 11.5 Å². The monoisotopic (exact) mass is 340 g/mol. The second-order valence-corrected chi connectivity index (χ2v) is 6.41. The van der Waals surface area contributed by atoms with Crippen LogP contribution < -0.4 is 10.1 Å². The molecule has 1 heterocycles. The summed E-state index contributed by atoms with van der Waals surface area (Å²) in [6.45, 7) is 3.38. The predicted molar refractivity (Wildman–Crippen MR) is 96.7 cm³/mol. The number of carbonyl (C=O) groups excluding carboxylic acids is 1. The third kappa shape index (κ3) is 4.31. The van der Waals surface area contributed by atoms with Crippen LogP contribution in [-0.2, 0) is 0 Å². The number of hydrogen-bond donors (Lipinski definition) is 2. The van der Waals surface area contributed by atoms with E-state index in [-0.39, 0.29) is 24.6 Å². The smallest absolute Gasteiger partial charge is 0.317 e. The van der Waals surface area contributed by atoms with E-state index in [1.165, 1.54) is 0 Å². The van der Waals surface area contributed by atoms with Crippen LogP contribution in [0.2, 0.25) is 0 Å². The number of aliphatic hydroxyl groups excluding tert-OH is 1. The molecule has 2 N–H and O–H groups in total. The summed E-state index contributed by atoms with van der Waals surface area (Å²) in [6, 6.07) is 17.0. The van der Waals surface area contributed by atoms with Crippen LogP contribution in [0.25, 0.3) is 0 Å². The van der Waals surface area contributed by atoms with Crippen LogP contribution in [0.15, 0.2) is 54.6 Å². The Morgan fingerprint density at radius 2 is 1.96 bits per heavy atom. The van der Waals surface area contributed by atoms with Crippen molar-refractivity contribution in [2.24, 2.45) is 5.92 Å². The van der Waals surface area contributed by atoms with E-state index in [0.29, 0.717) is 13.1 Å². The van der Waals surface area contributed by atoms with Crippen LogP contribution in [0.3, 0.4) is 0 Å². The molecule has 5 heteroatoms. The van der Waals surface area contributed by atoms with Crippen LogP contribution in [-0.4, -0.2) is 35.7 Å². The minimum Gasteiger partial charge on any atom is -0.457 e. The summed E-state index contributed by atoms with van der Waals surface area (Å²) in [7, 11) is 0. The molecule has 5 nitrogen and oxygen atoms in total. The van der Waals surface area contributed by atoms with Crippen molar-refractivity contribution in [2.75, 3.05) is 19.7 Å². The van der Waals surface area contributed by atoms with Crippen molar-refractivity contribution < 1.29 is 14.6 Å². The number of urea groups is 1. The number of benzene rings is 2. The van der Waals surface area contributed by atoms with E-state index in [4.69, 9.17) is 4.74 Å². The maximum absolute atomic E-state index is 12.5. The van der Waals surface area contributed by atoms with Gasteiger partial charge >= 0.3 is 6.03 Å². The summed E-state index contributed by atoms with van der Waals surface area (Å²) < 4.78 is 5.97. The SMILES string of the molecule is CC(NC(=O)N1CCC(CO)C1)c1ccccc1Oc1ccccc1. The van der Waals surface area contributed by atoms with Gasteiger partial charge in [0, 0.05) is 31.2 Å². The van der Waals surface area contributed by atoms with Gasteiger partial charge in [0.15, 0.2) is 0 Å². The molecule has 2 amide bonds. The number of carbonyl (C=O) groups is 1. The predicted octanol–water partition coefficient (Wildman–Crippen LogP) is 3.56. The number of hydrogen-bond acceptors (Lipinski definition) is 3. The molecule has 2 unspecified atom stereocenters. The zero-order chi connectivity index (χ0) is 17.6. The van der Waals surface area contributed by atoms with Gasteiger partial charge in [0.1, 0.15) is 11.5 Å². The minimum absolute atomic E-state index is 0.0991. The molecule has 0 radical (unpaired) electrons. The average molecular weight is 340 g/mol. The number of nitrogens with one attached hydrogen (secondary N) is 1. The number of aliphatic hydroxyl groups is 1. The van der Waals surface area contributed by atoms with Gasteiger partial charge < -0.3 is 20.1 Å². The summed E-state index contributed by atoms with van der Waals surface area (Å²) in [5.74, 6) is 1.68. The lowest BCUT2D eigenvalue weighted by atomic mass is 10.1. The molecule has 0 saturated carbocycles. The van der Waals surface area contributed by atoms with Gasteiger partial charge in [-0.2, -0.15) is 0 Å². The van der Waals surface area contributed by atoms with Gasteiger partial charge in [-0.3, -0.25) is 0 Å².